The molecular formula is C22H19N3O2. The van der Waals surface area contributed by atoms with Crippen molar-refractivity contribution in [2.75, 3.05) is 0 Å². The van der Waals surface area contributed by atoms with Gasteiger partial charge in [0.1, 0.15) is 6.04 Å². The van der Waals surface area contributed by atoms with E-state index in [0.717, 1.165) is 27.2 Å². The molecule has 2 amide bonds. The van der Waals surface area contributed by atoms with Gasteiger partial charge in [0, 0.05) is 29.1 Å². The largest absolute Gasteiger partial charge is 0.368 e. The Morgan fingerprint density at radius 1 is 0.926 bits per heavy atom. The molecule has 0 aliphatic carbocycles. The number of carbonyl (C=O) groups is 2. The summed E-state index contributed by atoms with van der Waals surface area (Å²) in [5, 5.41) is 5.63. The molecule has 4 rings (SSSR count). The van der Waals surface area contributed by atoms with Gasteiger partial charge in [0.2, 0.25) is 5.91 Å². The van der Waals surface area contributed by atoms with Gasteiger partial charge in [-0.1, -0.05) is 54.6 Å². The predicted molar refractivity (Wildman–Crippen MR) is 106 cm³/mol. The second kappa shape index (κ2) is 6.96. The topological polar surface area (TPSA) is 88.0 Å². The maximum atomic E-state index is 12.8. The number of amides is 2. The standard InChI is InChI=1S/C22H19N3O2/c23-21(26)20(12-15-13-24-19-11-4-3-9-17(15)19)25-22(27)18-10-5-7-14-6-1-2-8-16(14)18/h1-11,13,20,24H,12H2,(H2,23,26)(H,25,27)/t20-/m0/s1. The summed E-state index contributed by atoms with van der Waals surface area (Å²) < 4.78 is 0. The third-order valence-electron chi connectivity index (χ3n) is 4.78. The van der Waals surface area contributed by atoms with E-state index in [9.17, 15) is 9.59 Å². The van der Waals surface area contributed by atoms with E-state index in [-0.39, 0.29) is 5.91 Å². The van der Waals surface area contributed by atoms with E-state index < -0.39 is 11.9 Å². The van der Waals surface area contributed by atoms with Crippen LogP contribution in [0, 0.1) is 0 Å². The van der Waals surface area contributed by atoms with Crippen LogP contribution in [0.2, 0.25) is 0 Å². The van der Waals surface area contributed by atoms with Gasteiger partial charge in [0.05, 0.1) is 0 Å². The monoisotopic (exact) mass is 357 g/mol. The Morgan fingerprint density at radius 3 is 2.44 bits per heavy atom. The number of hydrogen-bond acceptors (Lipinski definition) is 2. The first kappa shape index (κ1) is 16.8. The highest BCUT2D eigenvalue weighted by Gasteiger charge is 2.21. The molecule has 0 aliphatic heterocycles. The summed E-state index contributed by atoms with van der Waals surface area (Å²) in [5.41, 5.74) is 8.02. The van der Waals surface area contributed by atoms with Gasteiger partial charge in [0.25, 0.3) is 5.91 Å². The molecule has 4 N–H and O–H groups in total. The lowest BCUT2D eigenvalue weighted by Crippen LogP contribution is -2.45. The number of H-pyrrole nitrogens is 1. The third kappa shape index (κ3) is 3.27. The molecule has 27 heavy (non-hydrogen) atoms. The highest BCUT2D eigenvalue weighted by atomic mass is 16.2. The lowest BCUT2D eigenvalue weighted by molar-refractivity contribution is -0.119. The van der Waals surface area contributed by atoms with Crippen LogP contribution in [0.15, 0.2) is 72.9 Å². The van der Waals surface area contributed by atoms with Crippen LogP contribution < -0.4 is 11.1 Å². The van der Waals surface area contributed by atoms with Crippen LogP contribution in [-0.2, 0) is 11.2 Å². The van der Waals surface area contributed by atoms with Crippen LogP contribution in [0.3, 0.4) is 0 Å². The van der Waals surface area contributed by atoms with Crippen molar-refractivity contribution in [3.05, 3.63) is 84.1 Å². The number of benzene rings is 3. The molecule has 1 atom stereocenters. The Balaban J connectivity index is 1.61. The summed E-state index contributed by atoms with van der Waals surface area (Å²) in [5.74, 6) is -0.871. The number of rotatable bonds is 5. The number of nitrogens with one attached hydrogen (secondary N) is 2. The lowest BCUT2D eigenvalue weighted by atomic mass is 10.0. The van der Waals surface area contributed by atoms with Crippen LogP contribution in [0.5, 0.6) is 0 Å². The first-order valence-corrected chi connectivity index (χ1v) is 8.76. The number of fused-ring (bicyclic) bond motifs is 2. The fourth-order valence-corrected chi connectivity index (χ4v) is 3.40. The lowest BCUT2D eigenvalue weighted by Gasteiger charge is -2.16. The van der Waals surface area contributed by atoms with E-state index in [1.165, 1.54) is 0 Å². The van der Waals surface area contributed by atoms with E-state index in [4.69, 9.17) is 5.73 Å². The molecule has 0 spiro atoms. The molecular weight excluding hydrogens is 338 g/mol. The average molecular weight is 357 g/mol. The zero-order valence-electron chi connectivity index (χ0n) is 14.6. The van der Waals surface area contributed by atoms with Crippen molar-refractivity contribution in [1.82, 2.24) is 10.3 Å². The zero-order valence-corrected chi connectivity index (χ0v) is 14.6. The number of aromatic nitrogens is 1. The molecule has 3 aromatic carbocycles. The summed E-state index contributed by atoms with van der Waals surface area (Å²) in [6.45, 7) is 0. The quantitative estimate of drug-likeness (QED) is 0.512. The minimum absolute atomic E-state index is 0.310. The minimum atomic E-state index is -0.796. The highest BCUT2D eigenvalue weighted by Crippen LogP contribution is 2.21. The Labute approximate surface area is 156 Å². The average Bonchev–Trinajstić information content (AvgIpc) is 3.10. The molecule has 4 aromatic rings. The fourth-order valence-electron chi connectivity index (χ4n) is 3.40. The SMILES string of the molecule is NC(=O)[C@H](Cc1c[nH]c2ccccc12)NC(=O)c1cccc2ccccc12. The minimum Gasteiger partial charge on any atom is -0.368 e. The molecule has 0 saturated carbocycles. The molecule has 5 nitrogen and oxygen atoms in total. The van der Waals surface area contributed by atoms with Crippen molar-refractivity contribution in [3.8, 4) is 0 Å². The van der Waals surface area contributed by atoms with Gasteiger partial charge in [-0.2, -0.15) is 0 Å². The number of carbonyl (C=O) groups excluding carboxylic acids is 2. The smallest absolute Gasteiger partial charge is 0.252 e. The van der Waals surface area contributed by atoms with Crippen LogP contribution in [-0.4, -0.2) is 22.8 Å². The van der Waals surface area contributed by atoms with Gasteiger partial charge >= 0.3 is 0 Å². The van der Waals surface area contributed by atoms with Gasteiger partial charge in [-0.05, 0) is 28.5 Å². The van der Waals surface area contributed by atoms with Crippen LogP contribution in [0.1, 0.15) is 15.9 Å². The van der Waals surface area contributed by atoms with Crippen LogP contribution in [0.25, 0.3) is 21.7 Å². The maximum absolute atomic E-state index is 12.8. The Hall–Kier alpha value is -3.60. The number of hydrogen-bond donors (Lipinski definition) is 3. The maximum Gasteiger partial charge on any atom is 0.252 e. The molecule has 1 heterocycles. The van der Waals surface area contributed by atoms with Gasteiger partial charge < -0.3 is 16.0 Å². The number of primary amides is 1. The second-order valence-electron chi connectivity index (χ2n) is 6.52. The third-order valence-corrected chi connectivity index (χ3v) is 4.78. The Bertz CT molecular complexity index is 1140. The number of para-hydroxylation sites is 1. The van der Waals surface area contributed by atoms with E-state index >= 15 is 0 Å². The fraction of sp³-hybridized carbons (Fsp3) is 0.0909. The van der Waals surface area contributed by atoms with Crippen molar-refractivity contribution < 1.29 is 9.59 Å². The predicted octanol–water partition coefficient (Wildman–Crippen LogP) is 3.15. The zero-order chi connectivity index (χ0) is 18.8. The molecule has 0 aliphatic rings. The first-order chi connectivity index (χ1) is 13.1. The molecule has 1 aromatic heterocycles. The molecule has 0 saturated heterocycles. The Kier molecular flexibility index (Phi) is 4.34. The first-order valence-electron chi connectivity index (χ1n) is 8.76. The van der Waals surface area contributed by atoms with E-state index in [1.807, 2.05) is 66.9 Å². The molecule has 134 valence electrons. The molecule has 0 unspecified atom stereocenters. The highest BCUT2D eigenvalue weighted by molar-refractivity contribution is 6.08. The summed E-state index contributed by atoms with van der Waals surface area (Å²) in [6.07, 6.45) is 2.18. The summed E-state index contributed by atoms with van der Waals surface area (Å²) in [7, 11) is 0. The molecule has 0 bridgehead atoms. The summed E-state index contributed by atoms with van der Waals surface area (Å²) >= 11 is 0. The van der Waals surface area contributed by atoms with Crippen molar-refractivity contribution in [2.24, 2.45) is 5.73 Å². The van der Waals surface area contributed by atoms with E-state index in [1.54, 1.807) is 6.07 Å². The van der Waals surface area contributed by atoms with E-state index in [0.29, 0.717) is 12.0 Å². The Morgan fingerprint density at radius 2 is 1.63 bits per heavy atom. The van der Waals surface area contributed by atoms with Gasteiger partial charge in [-0.25, -0.2) is 0 Å². The number of nitrogens with two attached hydrogens (primary N) is 1. The van der Waals surface area contributed by atoms with Crippen LogP contribution in [0.4, 0.5) is 0 Å². The summed E-state index contributed by atoms with van der Waals surface area (Å²) in [4.78, 5) is 28.0. The van der Waals surface area contributed by atoms with Crippen molar-refractivity contribution in [1.29, 1.82) is 0 Å². The molecule has 5 heteroatoms. The van der Waals surface area contributed by atoms with Crippen molar-refractivity contribution in [3.63, 3.8) is 0 Å². The van der Waals surface area contributed by atoms with Gasteiger partial charge in [-0.15, -0.1) is 0 Å². The van der Waals surface area contributed by atoms with Crippen molar-refractivity contribution >= 4 is 33.5 Å². The van der Waals surface area contributed by atoms with E-state index in [2.05, 4.69) is 10.3 Å². The molecule has 0 radical (unpaired) electrons. The van der Waals surface area contributed by atoms with Gasteiger partial charge in [-0.3, -0.25) is 9.59 Å². The van der Waals surface area contributed by atoms with Crippen LogP contribution >= 0.6 is 0 Å². The number of aromatic amines is 1. The normalized spacial score (nSPS) is 12.1. The van der Waals surface area contributed by atoms with Crippen molar-refractivity contribution in [2.45, 2.75) is 12.5 Å². The second-order valence-corrected chi connectivity index (χ2v) is 6.52. The molecule has 0 fully saturated rings. The van der Waals surface area contributed by atoms with Gasteiger partial charge in [0.15, 0.2) is 0 Å². The summed E-state index contributed by atoms with van der Waals surface area (Å²) in [6, 6.07) is 20.2.